The zero-order chi connectivity index (χ0) is 13.8. The van der Waals surface area contributed by atoms with Crippen molar-refractivity contribution < 1.29 is 4.79 Å². The van der Waals surface area contributed by atoms with Gasteiger partial charge in [-0.25, -0.2) is 0 Å². The number of likely N-dealkylation sites (tertiary alicyclic amines) is 1. The average molecular weight is 273 g/mol. The van der Waals surface area contributed by atoms with Crippen LogP contribution in [0.3, 0.4) is 0 Å². The van der Waals surface area contributed by atoms with Crippen molar-refractivity contribution in [3.63, 3.8) is 0 Å². The maximum atomic E-state index is 11.9. The summed E-state index contributed by atoms with van der Waals surface area (Å²) in [7, 11) is 0. The van der Waals surface area contributed by atoms with Gasteiger partial charge < -0.3 is 15.5 Å². The standard InChI is InChI=1S/C16H23N3O/c20-16(18-15-4-2-1-3-5-15)7-9-19-8-6-13-10-17-11-14(13)12-19/h1-5,13-14,17H,6-12H2,(H,18,20). The second kappa shape index (κ2) is 6.37. The van der Waals surface area contributed by atoms with Crippen LogP contribution in [-0.4, -0.2) is 43.5 Å². The van der Waals surface area contributed by atoms with E-state index in [0.29, 0.717) is 6.42 Å². The first kappa shape index (κ1) is 13.6. The van der Waals surface area contributed by atoms with Crippen molar-refractivity contribution in [3.8, 4) is 0 Å². The lowest BCUT2D eigenvalue weighted by Crippen LogP contribution is -2.41. The monoisotopic (exact) mass is 273 g/mol. The summed E-state index contributed by atoms with van der Waals surface area (Å²) in [4.78, 5) is 14.4. The van der Waals surface area contributed by atoms with Gasteiger partial charge in [-0.1, -0.05) is 18.2 Å². The highest BCUT2D eigenvalue weighted by molar-refractivity contribution is 5.90. The van der Waals surface area contributed by atoms with Gasteiger partial charge in [0.05, 0.1) is 0 Å². The van der Waals surface area contributed by atoms with Gasteiger partial charge in [-0.05, 0) is 50.0 Å². The number of rotatable bonds is 4. The van der Waals surface area contributed by atoms with Crippen LogP contribution in [0.4, 0.5) is 5.69 Å². The fraction of sp³-hybridized carbons (Fsp3) is 0.562. The molecule has 1 aromatic rings. The van der Waals surface area contributed by atoms with Crippen molar-refractivity contribution >= 4 is 11.6 Å². The third-order valence-corrected chi connectivity index (χ3v) is 4.50. The highest BCUT2D eigenvalue weighted by atomic mass is 16.1. The molecule has 2 aliphatic rings. The van der Waals surface area contributed by atoms with Crippen LogP contribution >= 0.6 is 0 Å². The molecule has 0 saturated carbocycles. The van der Waals surface area contributed by atoms with E-state index in [1.54, 1.807) is 0 Å². The third kappa shape index (κ3) is 3.38. The summed E-state index contributed by atoms with van der Waals surface area (Å²) >= 11 is 0. The molecule has 108 valence electrons. The first-order valence-electron chi connectivity index (χ1n) is 7.59. The van der Waals surface area contributed by atoms with Crippen molar-refractivity contribution in [2.24, 2.45) is 11.8 Å². The second-order valence-electron chi connectivity index (χ2n) is 5.93. The van der Waals surface area contributed by atoms with Gasteiger partial charge >= 0.3 is 0 Å². The molecule has 20 heavy (non-hydrogen) atoms. The van der Waals surface area contributed by atoms with Crippen molar-refractivity contribution in [3.05, 3.63) is 30.3 Å². The molecular formula is C16H23N3O. The quantitative estimate of drug-likeness (QED) is 0.875. The summed E-state index contributed by atoms with van der Waals surface area (Å²) in [6.07, 6.45) is 1.86. The Kier molecular flexibility index (Phi) is 4.33. The second-order valence-corrected chi connectivity index (χ2v) is 5.93. The molecule has 1 amide bonds. The Labute approximate surface area is 120 Å². The molecular weight excluding hydrogens is 250 g/mol. The SMILES string of the molecule is O=C(CCN1CCC2CNCC2C1)Nc1ccccc1. The fourth-order valence-corrected chi connectivity index (χ4v) is 3.32. The molecule has 2 aliphatic heterocycles. The smallest absolute Gasteiger partial charge is 0.225 e. The van der Waals surface area contributed by atoms with E-state index in [4.69, 9.17) is 0 Å². The lowest BCUT2D eigenvalue weighted by atomic mass is 9.89. The van der Waals surface area contributed by atoms with E-state index in [9.17, 15) is 4.79 Å². The van der Waals surface area contributed by atoms with Gasteiger partial charge in [0.1, 0.15) is 0 Å². The van der Waals surface area contributed by atoms with E-state index in [1.165, 1.54) is 13.0 Å². The Balaban J connectivity index is 1.42. The van der Waals surface area contributed by atoms with Gasteiger partial charge in [0.15, 0.2) is 0 Å². The van der Waals surface area contributed by atoms with Crippen molar-refractivity contribution in [1.82, 2.24) is 10.2 Å². The number of anilines is 1. The van der Waals surface area contributed by atoms with Crippen LogP contribution in [0.15, 0.2) is 30.3 Å². The molecule has 0 radical (unpaired) electrons. The Morgan fingerprint density at radius 3 is 2.90 bits per heavy atom. The van der Waals surface area contributed by atoms with E-state index in [1.807, 2.05) is 30.3 Å². The number of carbonyl (C=O) groups is 1. The molecule has 1 aromatic carbocycles. The molecule has 2 fully saturated rings. The number of fused-ring (bicyclic) bond motifs is 1. The van der Waals surface area contributed by atoms with Gasteiger partial charge in [0, 0.05) is 25.2 Å². The molecule has 0 spiro atoms. The molecule has 0 aromatic heterocycles. The minimum atomic E-state index is 0.114. The number of hydrogen-bond acceptors (Lipinski definition) is 3. The molecule has 3 rings (SSSR count). The summed E-state index contributed by atoms with van der Waals surface area (Å²) in [6.45, 7) is 5.50. The molecule has 2 unspecified atom stereocenters. The van der Waals surface area contributed by atoms with Crippen LogP contribution in [0.2, 0.25) is 0 Å². The Morgan fingerprint density at radius 1 is 1.25 bits per heavy atom. The predicted molar refractivity (Wildman–Crippen MR) is 80.6 cm³/mol. The zero-order valence-electron chi connectivity index (χ0n) is 11.8. The Morgan fingerprint density at radius 2 is 2.05 bits per heavy atom. The third-order valence-electron chi connectivity index (χ3n) is 4.50. The van der Waals surface area contributed by atoms with E-state index >= 15 is 0 Å². The van der Waals surface area contributed by atoms with Crippen LogP contribution < -0.4 is 10.6 Å². The summed E-state index contributed by atoms with van der Waals surface area (Å²) in [5, 5.41) is 6.43. The van der Waals surface area contributed by atoms with Crippen LogP contribution in [0, 0.1) is 11.8 Å². The van der Waals surface area contributed by atoms with E-state index in [0.717, 1.165) is 43.7 Å². The van der Waals surface area contributed by atoms with Crippen LogP contribution in [-0.2, 0) is 4.79 Å². The molecule has 2 saturated heterocycles. The van der Waals surface area contributed by atoms with Crippen LogP contribution in [0.1, 0.15) is 12.8 Å². The Hall–Kier alpha value is -1.39. The molecule has 4 heteroatoms. The number of nitrogens with one attached hydrogen (secondary N) is 2. The van der Waals surface area contributed by atoms with Crippen molar-refractivity contribution in [1.29, 1.82) is 0 Å². The van der Waals surface area contributed by atoms with Crippen molar-refractivity contribution in [2.45, 2.75) is 12.8 Å². The van der Waals surface area contributed by atoms with E-state index < -0.39 is 0 Å². The fourth-order valence-electron chi connectivity index (χ4n) is 3.32. The summed E-state index contributed by atoms with van der Waals surface area (Å²) < 4.78 is 0. The van der Waals surface area contributed by atoms with Crippen molar-refractivity contribution in [2.75, 3.05) is 38.0 Å². The number of nitrogens with zero attached hydrogens (tertiary/aromatic N) is 1. The predicted octanol–water partition coefficient (Wildman–Crippen LogP) is 1.56. The number of hydrogen-bond donors (Lipinski definition) is 2. The number of benzene rings is 1. The summed E-state index contributed by atoms with van der Waals surface area (Å²) in [6, 6.07) is 9.68. The Bertz CT molecular complexity index is 448. The lowest BCUT2D eigenvalue weighted by Gasteiger charge is -2.34. The van der Waals surface area contributed by atoms with E-state index in [2.05, 4.69) is 15.5 Å². The molecule has 2 heterocycles. The highest BCUT2D eigenvalue weighted by Gasteiger charge is 2.32. The molecule has 4 nitrogen and oxygen atoms in total. The number of amides is 1. The number of piperidine rings is 1. The molecule has 2 N–H and O–H groups in total. The minimum Gasteiger partial charge on any atom is -0.326 e. The number of para-hydroxylation sites is 1. The van der Waals surface area contributed by atoms with Gasteiger partial charge in [-0.15, -0.1) is 0 Å². The first-order valence-corrected chi connectivity index (χ1v) is 7.59. The topological polar surface area (TPSA) is 44.4 Å². The molecule has 2 atom stereocenters. The van der Waals surface area contributed by atoms with Crippen LogP contribution in [0.25, 0.3) is 0 Å². The van der Waals surface area contributed by atoms with Gasteiger partial charge in [-0.3, -0.25) is 4.79 Å². The normalized spacial score (nSPS) is 26.2. The van der Waals surface area contributed by atoms with Gasteiger partial charge in [0.25, 0.3) is 0 Å². The highest BCUT2D eigenvalue weighted by Crippen LogP contribution is 2.26. The zero-order valence-corrected chi connectivity index (χ0v) is 11.8. The lowest BCUT2D eigenvalue weighted by molar-refractivity contribution is -0.116. The molecule has 0 bridgehead atoms. The summed E-state index contributed by atoms with van der Waals surface area (Å²) in [5.74, 6) is 1.77. The summed E-state index contributed by atoms with van der Waals surface area (Å²) in [5.41, 5.74) is 0.885. The maximum absolute atomic E-state index is 11.9. The van der Waals surface area contributed by atoms with E-state index in [-0.39, 0.29) is 5.91 Å². The first-order chi connectivity index (χ1) is 9.81. The number of carbonyl (C=O) groups excluding carboxylic acids is 1. The maximum Gasteiger partial charge on any atom is 0.225 e. The largest absolute Gasteiger partial charge is 0.326 e. The van der Waals surface area contributed by atoms with Gasteiger partial charge in [-0.2, -0.15) is 0 Å². The van der Waals surface area contributed by atoms with Gasteiger partial charge in [0.2, 0.25) is 5.91 Å². The molecule has 0 aliphatic carbocycles. The van der Waals surface area contributed by atoms with Crippen LogP contribution in [0.5, 0.6) is 0 Å². The minimum absolute atomic E-state index is 0.114. The average Bonchev–Trinajstić information content (AvgIpc) is 2.93.